The number of aromatic nitrogens is 4. The van der Waals surface area contributed by atoms with E-state index in [2.05, 4.69) is 45.5 Å². The zero-order valence-electron chi connectivity index (χ0n) is 14.2. The molecule has 5 rings (SSSR count). The van der Waals surface area contributed by atoms with Gasteiger partial charge in [-0.2, -0.15) is 10.1 Å². The fraction of sp³-hybridized carbons (Fsp3) is 0.421. The van der Waals surface area contributed by atoms with E-state index in [9.17, 15) is 0 Å². The molecule has 4 heterocycles. The van der Waals surface area contributed by atoms with E-state index < -0.39 is 0 Å². The molecule has 0 spiro atoms. The van der Waals surface area contributed by atoms with Crippen LogP contribution < -0.4 is 0 Å². The van der Waals surface area contributed by atoms with Gasteiger partial charge in [0, 0.05) is 31.2 Å². The van der Waals surface area contributed by atoms with Crippen LogP contribution in [-0.4, -0.2) is 37.4 Å². The quantitative estimate of drug-likeness (QED) is 0.736. The van der Waals surface area contributed by atoms with Crippen LogP contribution in [0.4, 0.5) is 0 Å². The fourth-order valence-electron chi connectivity index (χ4n) is 4.52. The van der Waals surface area contributed by atoms with Gasteiger partial charge in [0.15, 0.2) is 5.82 Å². The van der Waals surface area contributed by atoms with Gasteiger partial charge in [-0.05, 0) is 37.4 Å². The molecule has 0 saturated carbocycles. The first-order valence-electron chi connectivity index (χ1n) is 8.94. The normalized spacial score (nSPS) is 26.2. The van der Waals surface area contributed by atoms with Crippen LogP contribution in [-0.2, 0) is 7.05 Å². The molecule has 6 nitrogen and oxygen atoms in total. The molecule has 2 aromatic heterocycles. The summed E-state index contributed by atoms with van der Waals surface area (Å²) in [5, 5.41) is 8.52. The highest BCUT2D eigenvalue weighted by molar-refractivity contribution is 5.46. The van der Waals surface area contributed by atoms with E-state index >= 15 is 0 Å². The summed E-state index contributed by atoms with van der Waals surface area (Å²) in [4.78, 5) is 7.36. The molecule has 6 heteroatoms. The van der Waals surface area contributed by atoms with Crippen molar-refractivity contribution in [2.75, 3.05) is 6.54 Å². The third kappa shape index (κ3) is 2.40. The van der Waals surface area contributed by atoms with Crippen LogP contribution in [0.2, 0.25) is 0 Å². The number of benzene rings is 1. The molecule has 25 heavy (non-hydrogen) atoms. The molecule has 3 aromatic rings. The summed E-state index contributed by atoms with van der Waals surface area (Å²) in [5.74, 6) is 1.73. The van der Waals surface area contributed by atoms with Crippen molar-refractivity contribution in [1.29, 1.82) is 0 Å². The van der Waals surface area contributed by atoms with Gasteiger partial charge in [-0.1, -0.05) is 35.5 Å². The summed E-state index contributed by atoms with van der Waals surface area (Å²) < 4.78 is 7.32. The van der Waals surface area contributed by atoms with E-state index in [0.29, 0.717) is 23.9 Å². The maximum Gasteiger partial charge on any atom is 0.276 e. The molecule has 0 aliphatic carbocycles. The smallest absolute Gasteiger partial charge is 0.276 e. The first-order valence-corrected chi connectivity index (χ1v) is 8.94. The molecule has 0 radical (unpaired) electrons. The first-order chi connectivity index (χ1) is 12.3. The second-order valence-electron chi connectivity index (χ2n) is 7.01. The molecule has 0 N–H and O–H groups in total. The van der Waals surface area contributed by atoms with Crippen molar-refractivity contribution in [3.63, 3.8) is 0 Å². The van der Waals surface area contributed by atoms with Crippen molar-refractivity contribution in [2.45, 2.75) is 37.3 Å². The van der Waals surface area contributed by atoms with Gasteiger partial charge >= 0.3 is 0 Å². The monoisotopic (exact) mass is 335 g/mol. The van der Waals surface area contributed by atoms with E-state index in [1.165, 1.54) is 18.4 Å². The Morgan fingerprint density at radius 1 is 1.16 bits per heavy atom. The Labute approximate surface area is 146 Å². The lowest BCUT2D eigenvalue weighted by Gasteiger charge is -2.24. The third-order valence-corrected chi connectivity index (χ3v) is 5.68. The van der Waals surface area contributed by atoms with E-state index in [4.69, 9.17) is 9.51 Å². The summed E-state index contributed by atoms with van der Waals surface area (Å²) >= 11 is 0. The van der Waals surface area contributed by atoms with Crippen molar-refractivity contribution >= 4 is 0 Å². The Morgan fingerprint density at radius 2 is 2.04 bits per heavy atom. The number of hydrogen-bond donors (Lipinski definition) is 0. The summed E-state index contributed by atoms with van der Waals surface area (Å²) in [6.45, 7) is 1.16. The predicted molar refractivity (Wildman–Crippen MR) is 92.8 cm³/mol. The number of nitrogens with zero attached hydrogens (tertiary/aromatic N) is 5. The fourth-order valence-corrected chi connectivity index (χ4v) is 4.52. The van der Waals surface area contributed by atoms with Gasteiger partial charge < -0.3 is 4.52 Å². The number of fused-ring (bicyclic) bond motifs is 1. The predicted octanol–water partition coefficient (Wildman–Crippen LogP) is 3.16. The molecule has 128 valence electrons. The lowest BCUT2D eigenvalue weighted by atomic mass is 9.94. The van der Waals surface area contributed by atoms with Crippen LogP contribution in [0.25, 0.3) is 11.6 Å². The molecule has 0 unspecified atom stereocenters. The standard InChI is InChI=1S/C19H21N5O/c1-23-16(9-10-20-23)19-21-18(22-25-19)14-12-17(13-6-3-2-4-7-13)24-11-5-8-15(14)24/h2-4,6-7,9-10,14-15,17H,5,8,11-12H2,1H3/t14-,15+,17-/m1/s1. The SMILES string of the molecule is Cn1nccc1-c1nc([C@@H]2C[C@H](c3ccccc3)N3CCC[C@@H]23)no1. The van der Waals surface area contributed by atoms with E-state index in [1.807, 2.05) is 13.1 Å². The number of rotatable bonds is 3. The lowest BCUT2D eigenvalue weighted by Crippen LogP contribution is -2.27. The van der Waals surface area contributed by atoms with Crippen molar-refractivity contribution in [1.82, 2.24) is 24.8 Å². The average Bonchev–Trinajstić information content (AvgIpc) is 3.39. The van der Waals surface area contributed by atoms with E-state index in [0.717, 1.165) is 24.5 Å². The summed E-state index contributed by atoms with van der Waals surface area (Å²) in [5.41, 5.74) is 2.26. The molecule has 2 aliphatic heterocycles. The van der Waals surface area contributed by atoms with Crippen molar-refractivity contribution in [3.05, 3.63) is 54.0 Å². The molecule has 0 amide bonds. The van der Waals surface area contributed by atoms with Gasteiger partial charge in [0.2, 0.25) is 0 Å². The topological polar surface area (TPSA) is 60.0 Å². The van der Waals surface area contributed by atoms with Crippen LogP contribution in [0.3, 0.4) is 0 Å². The maximum atomic E-state index is 5.55. The van der Waals surface area contributed by atoms with Gasteiger partial charge in [0.05, 0.1) is 0 Å². The second kappa shape index (κ2) is 5.81. The minimum absolute atomic E-state index is 0.332. The Morgan fingerprint density at radius 3 is 2.84 bits per heavy atom. The molecule has 2 aliphatic rings. The molecule has 0 bridgehead atoms. The largest absolute Gasteiger partial charge is 0.332 e. The van der Waals surface area contributed by atoms with Crippen LogP contribution in [0.1, 0.15) is 42.6 Å². The summed E-state index contributed by atoms with van der Waals surface area (Å²) in [6, 6.07) is 13.7. The van der Waals surface area contributed by atoms with E-state index in [1.54, 1.807) is 10.9 Å². The summed E-state index contributed by atoms with van der Waals surface area (Å²) in [6.07, 6.45) is 5.26. The lowest BCUT2D eigenvalue weighted by molar-refractivity contribution is 0.243. The summed E-state index contributed by atoms with van der Waals surface area (Å²) in [7, 11) is 1.89. The second-order valence-corrected chi connectivity index (χ2v) is 7.01. The molecule has 3 atom stereocenters. The van der Waals surface area contributed by atoms with Crippen LogP contribution >= 0.6 is 0 Å². The minimum Gasteiger partial charge on any atom is -0.332 e. The van der Waals surface area contributed by atoms with E-state index in [-0.39, 0.29) is 0 Å². The maximum absolute atomic E-state index is 5.55. The minimum atomic E-state index is 0.332. The Hall–Kier alpha value is -2.47. The van der Waals surface area contributed by atoms with Crippen molar-refractivity contribution in [3.8, 4) is 11.6 Å². The number of hydrogen-bond acceptors (Lipinski definition) is 5. The van der Waals surface area contributed by atoms with Gasteiger partial charge in [-0.3, -0.25) is 9.58 Å². The molecule has 2 saturated heterocycles. The van der Waals surface area contributed by atoms with Crippen molar-refractivity contribution in [2.24, 2.45) is 7.05 Å². The Bertz CT molecular complexity index is 871. The highest BCUT2D eigenvalue weighted by Gasteiger charge is 2.46. The Kier molecular flexibility index (Phi) is 3.45. The van der Waals surface area contributed by atoms with Crippen LogP contribution in [0, 0.1) is 0 Å². The van der Waals surface area contributed by atoms with Gasteiger partial charge in [0.25, 0.3) is 5.89 Å². The molecular weight excluding hydrogens is 314 g/mol. The average molecular weight is 335 g/mol. The highest BCUT2D eigenvalue weighted by Crippen LogP contribution is 2.48. The van der Waals surface area contributed by atoms with Crippen molar-refractivity contribution < 1.29 is 4.52 Å². The third-order valence-electron chi connectivity index (χ3n) is 5.68. The van der Waals surface area contributed by atoms with Crippen LogP contribution in [0.5, 0.6) is 0 Å². The zero-order valence-corrected chi connectivity index (χ0v) is 14.2. The highest BCUT2D eigenvalue weighted by atomic mass is 16.5. The van der Waals surface area contributed by atoms with Gasteiger partial charge in [-0.15, -0.1) is 0 Å². The zero-order chi connectivity index (χ0) is 16.8. The number of aryl methyl sites for hydroxylation is 1. The van der Waals surface area contributed by atoms with Gasteiger partial charge in [-0.25, -0.2) is 0 Å². The van der Waals surface area contributed by atoms with Gasteiger partial charge in [0.1, 0.15) is 5.69 Å². The molecular formula is C19H21N5O. The molecule has 1 aromatic carbocycles. The molecule has 2 fully saturated rings. The van der Waals surface area contributed by atoms with Crippen LogP contribution in [0.15, 0.2) is 47.1 Å². The Balaban J connectivity index is 1.46. The first kappa shape index (κ1) is 14.8.